The van der Waals surface area contributed by atoms with Crippen LogP contribution >= 0.6 is 27.5 Å². The maximum Gasteiger partial charge on any atom is 0.0672 e. The lowest BCUT2D eigenvalue weighted by Gasteiger charge is -2.18. The van der Waals surface area contributed by atoms with Crippen molar-refractivity contribution < 1.29 is 4.74 Å². The molecule has 19 heavy (non-hydrogen) atoms. The van der Waals surface area contributed by atoms with Gasteiger partial charge < -0.3 is 15.8 Å². The maximum absolute atomic E-state index is 5.98. The molecule has 0 amide bonds. The van der Waals surface area contributed by atoms with E-state index in [9.17, 15) is 0 Å². The van der Waals surface area contributed by atoms with Crippen molar-refractivity contribution >= 4 is 27.5 Å². The molecular weight excluding hydrogens is 328 g/mol. The average molecular weight is 348 g/mol. The zero-order valence-corrected chi connectivity index (χ0v) is 13.4. The molecule has 106 valence electrons. The third-order valence-electron chi connectivity index (χ3n) is 2.57. The van der Waals surface area contributed by atoms with E-state index in [0.29, 0.717) is 24.8 Å². The first-order valence-corrected chi connectivity index (χ1v) is 7.32. The van der Waals surface area contributed by atoms with Gasteiger partial charge in [-0.15, -0.1) is 0 Å². The molecule has 0 spiro atoms. The van der Waals surface area contributed by atoms with Gasteiger partial charge in [0.15, 0.2) is 0 Å². The van der Waals surface area contributed by atoms with E-state index in [2.05, 4.69) is 27.8 Å². The van der Waals surface area contributed by atoms with Gasteiger partial charge in [-0.2, -0.15) is 0 Å². The van der Waals surface area contributed by atoms with Crippen LogP contribution in [0.3, 0.4) is 0 Å². The van der Waals surface area contributed by atoms with Gasteiger partial charge in [-0.3, -0.25) is 0 Å². The van der Waals surface area contributed by atoms with Gasteiger partial charge in [-0.25, -0.2) is 0 Å². The molecule has 0 saturated carbocycles. The van der Waals surface area contributed by atoms with E-state index in [4.69, 9.17) is 22.1 Å². The molecule has 0 heterocycles. The number of halogens is 2. The summed E-state index contributed by atoms with van der Waals surface area (Å²) >= 11 is 9.39. The summed E-state index contributed by atoms with van der Waals surface area (Å²) in [6.45, 7) is 8.24. The Morgan fingerprint density at radius 1 is 1.58 bits per heavy atom. The molecule has 0 aliphatic rings. The largest absolute Gasteiger partial charge is 0.376 e. The van der Waals surface area contributed by atoms with E-state index in [0.717, 1.165) is 22.2 Å². The lowest BCUT2D eigenvalue weighted by molar-refractivity contribution is 0.155. The number of hydrogen-bond donors (Lipinski definition) is 2. The van der Waals surface area contributed by atoms with Gasteiger partial charge in [0.2, 0.25) is 0 Å². The predicted molar refractivity (Wildman–Crippen MR) is 84.6 cm³/mol. The smallest absolute Gasteiger partial charge is 0.0672 e. The summed E-state index contributed by atoms with van der Waals surface area (Å²) in [5.74, 6) is 0. The molecule has 0 aromatic heterocycles. The van der Waals surface area contributed by atoms with Crippen LogP contribution in [-0.4, -0.2) is 26.3 Å². The van der Waals surface area contributed by atoms with Crippen LogP contribution in [0.25, 0.3) is 0 Å². The average Bonchev–Trinajstić information content (AvgIpc) is 2.37. The minimum absolute atomic E-state index is 0.0991. The SMILES string of the molecule is C=C(C)COCCNC(CN)c1ccc(Cl)c(Br)c1. The van der Waals surface area contributed by atoms with Crippen LogP contribution < -0.4 is 11.1 Å². The highest BCUT2D eigenvalue weighted by Gasteiger charge is 2.10. The molecule has 0 radical (unpaired) electrons. The van der Waals surface area contributed by atoms with Crippen molar-refractivity contribution in [2.75, 3.05) is 26.3 Å². The molecule has 0 fully saturated rings. The zero-order valence-electron chi connectivity index (χ0n) is 11.1. The van der Waals surface area contributed by atoms with Crippen molar-refractivity contribution in [1.82, 2.24) is 5.32 Å². The van der Waals surface area contributed by atoms with Gasteiger partial charge in [-0.1, -0.05) is 29.8 Å². The van der Waals surface area contributed by atoms with Crippen LogP contribution in [0.5, 0.6) is 0 Å². The Balaban J connectivity index is 2.44. The van der Waals surface area contributed by atoms with Crippen LogP contribution in [0.4, 0.5) is 0 Å². The van der Waals surface area contributed by atoms with E-state index in [1.165, 1.54) is 0 Å². The summed E-state index contributed by atoms with van der Waals surface area (Å²) in [5, 5.41) is 4.06. The fraction of sp³-hybridized carbons (Fsp3) is 0.429. The fourth-order valence-electron chi connectivity index (χ4n) is 1.62. The monoisotopic (exact) mass is 346 g/mol. The number of nitrogens with one attached hydrogen (secondary N) is 1. The molecule has 3 N–H and O–H groups in total. The summed E-state index contributed by atoms with van der Waals surface area (Å²) < 4.78 is 6.32. The molecule has 1 aromatic rings. The van der Waals surface area contributed by atoms with Gasteiger partial charge in [0.05, 0.1) is 18.2 Å². The van der Waals surface area contributed by atoms with Gasteiger partial charge in [0, 0.05) is 23.6 Å². The van der Waals surface area contributed by atoms with Crippen LogP contribution in [0.1, 0.15) is 18.5 Å². The topological polar surface area (TPSA) is 47.3 Å². The lowest BCUT2D eigenvalue weighted by Crippen LogP contribution is -2.31. The third-order valence-corrected chi connectivity index (χ3v) is 3.78. The Kier molecular flexibility index (Phi) is 7.64. The van der Waals surface area contributed by atoms with Crippen LogP contribution in [0.2, 0.25) is 5.02 Å². The van der Waals surface area contributed by atoms with Crippen molar-refractivity contribution in [2.45, 2.75) is 13.0 Å². The summed E-state index contributed by atoms with van der Waals surface area (Å²) in [6, 6.07) is 5.93. The normalized spacial score (nSPS) is 12.4. The van der Waals surface area contributed by atoms with E-state index in [1.54, 1.807) is 0 Å². The maximum atomic E-state index is 5.98. The second kappa shape index (κ2) is 8.72. The van der Waals surface area contributed by atoms with Crippen molar-refractivity contribution in [3.05, 3.63) is 45.4 Å². The second-order valence-corrected chi connectivity index (χ2v) is 5.69. The lowest BCUT2D eigenvalue weighted by atomic mass is 10.1. The Bertz CT molecular complexity index is 426. The van der Waals surface area contributed by atoms with Crippen LogP contribution in [0, 0.1) is 0 Å². The number of hydrogen-bond acceptors (Lipinski definition) is 3. The van der Waals surface area contributed by atoms with Crippen LogP contribution in [-0.2, 0) is 4.74 Å². The molecule has 1 aromatic carbocycles. The molecule has 5 heteroatoms. The Hall–Kier alpha value is -0.390. The van der Waals surface area contributed by atoms with Crippen molar-refractivity contribution in [3.8, 4) is 0 Å². The van der Waals surface area contributed by atoms with Gasteiger partial charge in [0.25, 0.3) is 0 Å². The molecule has 0 aliphatic carbocycles. The third kappa shape index (κ3) is 6.06. The van der Waals surface area contributed by atoms with Gasteiger partial charge in [0.1, 0.15) is 0 Å². The molecular formula is C14H20BrClN2O. The summed E-state index contributed by atoms with van der Waals surface area (Å²) in [7, 11) is 0. The molecule has 1 rings (SSSR count). The summed E-state index contributed by atoms with van der Waals surface area (Å²) in [4.78, 5) is 0. The van der Waals surface area contributed by atoms with Crippen LogP contribution in [0.15, 0.2) is 34.8 Å². The van der Waals surface area contributed by atoms with Gasteiger partial charge >= 0.3 is 0 Å². The van der Waals surface area contributed by atoms with E-state index in [-0.39, 0.29) is 6.04 Å². The second-order valence-electron chi connectivity index (χ2n) is 4.43. The molecule has 1 unspecified atom stereocenters. The minimum atomic E-state index is 0.0991. The van der Waals surface area contributed by atoms with Crippen molar-refractivity contribution in [2.24, 2.45) is 5.73 Å². The number of ether oxygens (including phenoxy) is 1. The van der Waals surface area contributed by atoms with Crippen molar-refractivity contribution in [3.63, 3.8) is 0 Å². The minimum Gasteiger partial charge on any atom is -0.376 e. The molecule has 0 bridgehead atoms. The Morgan fingerprint density at radius 2 is 2.32 bits per heavy atom. The standard InChI is InChI=1S/C14H20BrClN2O/c1-10(2)9-19-6-5-18-14(8-17)11-3-4-13(16)12(15)7-11/h3-4,7,14,18H,1,5-6,8-9,17H2,2H3. The molecule has 0 saturated heterocycles. The highest BCUT2D eigenvalue weighted by Crippen LogP contribution is 2.25. The number of rotatable bonds is 8. The number of nitrogens with two attached hydrogens (primary N) is 1. The highest BCUT2D eigenvalue weighted by atomic mass is 79.9. The summed E-state index contributed by atoms with van der Waals surface area (Å²) in [6.07, 6.45) is 0. The Labute approximate surface area is 128 Å². The molecule has 3 nitrogen and oxygen atoms in total. The number of benzene rings is 1. The van der Waals surface area contributed by atoms with E-state index < -0.39 is 0 Å². The van der Waals surface area contributed by atoms with E-state index >= 15 is 0 Å². The zero-order chi connectivity index (χ0) is 14.3. The van der Waals surface area contributed by atoms with Gasteiger partial charge in [-0.05, 0) is 40.5 Å². The molecule has 0 aliphatic heterocycles. The summed E-state index contributed by atoms with van der Waals surface area (Å²) in [5.41, 5.74) is 7.93. The Morgan fingerprint density at radius 3 is 2.89 bits per heavy atom. The molecule has 1 atom stereocenters. The first-order valence-electron chi connectivity index (χ1n) is 6.15. The predicted octanol–water partition coefficient (Wildman–Crippen LogP) is 3.28. The van der Waals surface area contributed by atoms with Crippen molar-refractivity contribution in [1.29, 1.82) is 0 Å². The highest BCUT2D eigenvalue weighted by molar-refractivity contribution is 9.10. The first-order chi connectivity index (χ1) is 9.04. The first kappa shape index (κ1) is 16.7. The van der Waals surface area contributed by atoms with E-state index in [1.807, 2.05) is 25.1 Å². The fourth-order valence-corrected chi connectivity index (χ4v) is 2.13. The quantitative estimate of drug-likeness (QED) is 0.560.